The molecular weight excluding hydrogens is 394 g/mol. The van der Waals surface area contributed by atoms with Crippen LogP contribution in [0.5, 0.6) is 5.75 Å². The summed E-state index contributed by atoms with van der Waals surface area (Å²) in [6.07, 6.45) is -0.0469. The van der Waals surface area contributed by atoms with E-state index < -0.39 is 11.8 Å². The van der Waals surface area contributed by atoms with Crippen molar-refractivity contribution in [3.63, 3.8) is 0 Å². The zero-order chi connectivity index (χ0) is 23.0. The van der Waals surface area contributed by atoms with Gasteiger partial charge in [0.05, 0.1) is 0 Å². The molecule has 0 aliphatic heterocycles. The molecule has 0 aliphatic rings. The van der Waals surface area contributed by atoms with E-state index in [9.17, 15) is 14.4 Å². The van der Waals surface area contributed by atoms with Crippen LogP contribution in [0.2, 0.25) is 0 Å². The molecule has 0 saturated heterocycles. The van der Waals surface area contributed by atoms with Gasteiger partial charge in [0.2, 0.25) is 11.8 Å². The summed E-state index contributed by atoms with van der Waals surface area (Å²) < 4.78 is 5.61. The number of para-hydroxylation sites is 1. The van der Waals surface area contributed by atoms with Crippen LogP contribution in [0.1, 0.15) is 50.3 Å². The Kier molecular flexibility index (Phi) is 8.19. The van der Waals surface area contributed by atoms with Gasteiger partial charge in [0.1, 0.15) is 5.75 Å². The Hall–Kier alpha value is -3.35. The van der Waals surface area contributed by atoms with Gasteiger partial charge in [-0.1, -0.05) is 45.0 Å². The molecule has 2 aromatic rings. The first-order valence-corrected chi connectivity index (χ1v) is 10.2. The molecule has 0 radical (unpaired) electrons. The van der Waals surface area contributed by atoms with Crippen LogP contribution in [0.3, 0.4) is 0 Å². The topological polar surface area (TPSA) is 96.5 Å². The predicted molar refractivity (Wildman–Crippen MR) is 121 cm³/mol. The highest BCUT2D eigenvalue weighted by Crippen LogP contribution is 2.30. The molecule has 3 N–H and O–H groups in total. The SMILES string of the molecule is Cc1ccc(NC(=O)CCC(=O)NNC(=O)COc2ccccc2C(C)(C)C)cc1C. The van der Waals surface area contributed by atoms with E-state index in [0.29, 0.717) is 11.4 Å². The smallest absolute Gasteiger partial charge is 0.276 e. The quantitative estimate of drug-likeness (QED) is 0.591. The third kappa shape index (κ3) is 7.77. The Labute approximate surface area is 183 Å². The summed E-state index contributed by atoms with van der Waals surface area (Å²) >= 11 is 0. The first kappa shape index (κ1) is 23.9. The second-order valence-electron chi connectivity index (χ2n) is 8.48. The van der Waals surface area contributed by atoms with Gasteiger partial charge in [0.25, 0.3) is 5.91 Å². The summed E-state index contributed by atoms with van der Waals surface area (Å²) in [5, 5.41) is 2.76. The molecule has 0 atom stereocenters. The highest BCUT2D eigenvalue weighted by atomic mass is 16.5. The number of ether oxygens (including phenoxy) is 1. The number of hydrogen-bond donors (Lipinski definition) is 3. The van der Waals surface area contributed by atoms with Crippen molar-refractivity contribution >= 4 is 23.4 Å². The minimum Gasteiger partial charge on any atom is -0.483 e. The molecule has 3 amide bonds. The van der Waals surface area contributed by atoms with Crippen LogP contribution in [-0.2, 0) is 19.8 Å². The lowest BCUT2D eigenvalue weighted by atomic mass is 9.86. The van der Waals surface area contributed by atoms with Gasteiger partial charge >= 0.3 is 0 Å². The molecule has 0 bridgehead atoms. The van der Waals surface area contributed by atoms with E-state index in [0.717, 1.165) is 16.7 Å². The van der Waals surface area contributed by atoms with Crippen molar-refractivity contribution in [1.29, 1.82) is 0 Å². The first-order valence-electron chi connectivity index (χ1n) is 10.2. The van der Waals surface area contributed by atoms with E-state index in [1.54, 1.807) is 6.07 Å². The molecule has 31 heavy (non-hydrogen) atoms. The van der Waals surface area contributed by atoms with Gasteiger partial charge in [-0.25, -0.2) is 0 Å². The van der Waals surface area contributed by atoms with Crippen molar-refractivity contribution in [3.05, 3.63) is 59.2 Å². The maximum Gasteiger partial charge on any atom is 0.276 e. The summed E-state index contributed by atoms with van der Waals surface area (Å²) in [5.41, 5.74) is 8.37. The van der Waals surface area contributed by atoms with Crippen molar-refractivity contribution in [2.24, 2.45) is 0 Å². The molecule has 0 heterocycles. The average molecular weight is 426 g/mol. The number of carbonyl (C=O) groups excluding carboxylic acids is 3. The molecule has 0 aromatic heterocycles. The van der Waals surface area contributed by atoms with Crippen LogP contribution in [-0.4, -0.2) is 24.3 Å². The van der Waals surface area contributed by atoms with Gasteiger partial charge in [-0.3, -0.25) is 25.2 Å². The monoisotopic (exact) mass is 425 g/mol. The number of rotatable bonds is 7. The normalized spacial score (nSPS) is 10.9. The standard InChI is InChI=1S/C24H31N3O4/c1-16-10-11-18(14-17(16)2)25-21(28)12-13-22(29)26-27-23(30)15-31-20-9-7-6-8-19(20)24(3,4)5/h6-11,14H,12-13,15H2,1-5H3,(H,25,28)(H,26,29)(H,27,30). The van der Waals surface area contributed by atoms with Gasteiger partial charge in [-0.2, -0.15) is 0 Å². The number of aryl methyl sites for hydroxylation is 2. The summed E-state index contributed by atoms with van der Waals surface area (Å²) in [7, 11) is 0. The summed E-state index contributed by atoms with van der Waals surface area (Å²) in [4.78, 5) is 35.9. The van der Waals surface area contributed by atoms with Gasteiger partial charge in [0, 0.05) is 18.5 Å². The lowest BCUT2D eigenvalue weighted by Crippen LogP contribution is -2.44. The molecule has 7 nitrogen and oxygen atoms in total. The molecule has 0 saturated carbocycles. The number of hydrogen-bond acceptors (Lipinski definition) is 4. The summed E-state index contributed by atoms with van der Waals surface area (Å²) in [6, 6.07) is 13.1. The number of hydrazine groups is 1. The molecular formula is C24H31N3O4. The molecule has 0 unspecified atom stereocenters. The Balaban J connectivity index is 1.72. The molecule has 2 rings (SSSR count). The lowest BCUT2D eigenvalue weighted by Gasteiger charge is -2.22. The number of anilines is 1. The maximum atomic E-state index is 12.0. The number of benzene rings is 2. The Morgan fingerprint density at radius 2 is 1.48 bits per heavy atom. The second kappa shape index (κ2) is 10.6. The zero-order valence-electron chi connectivity index (χ0n) is 18.8. The fraction of sp³-hybridized carbons (Fsp3) is 0.375. The van der Waals surface area contributed by atoms with Crippen LogP contribution < -0.4 is 20.9 Å². The minimum absolute atomic E-state index is 0.00405. The Morgan fingerprint density at radius 1 is 0.839 bits per heavy atom. The van der Waals surface area contributed by atoms with Crippen molar-refractivity contribution in [2.75, 3.05) is 11.9 Å². The Bertz CT molecular complexity index is 948. The van der Waals surface area contributed by atoms with Crippen LogP contribution >= 0.6 is 0 Å². The van der Waals surface area contributed by atoms with Gasteiger partial charge in [-0.15, -0.1) is 0 Å². The molecule has 166 valence electrons. The van der Waals surface area contributed by atoms with E-state index in [-0.39, 0.29) is 30.8 Å². The molecule has 0 fully saturated rings. The minimum atomic E-state index is -0.489. The van der Waals surface area contributed by atoms with Crippen molar-refractivity contribution in [3.8, 4) is 5.75 Å². The third-order valence-corrected chi connectivity index (χ3v) is 4.76. The first-order chi connectivity index (χ1) is 14.6. The van der Waals surface area contributed by atoms with Gasteiger partial charge < -0.3 is 10.1 Å². The molecule has 2 aromatic carbocycles. The van der Waals surface area contributed by atoms with Crippen molar-refractivity contribution in [1.82, 2.24) is 10.9 Å². The fourth-order valence-electron chi connectivity index (χ4n) is 2.86. The maximum absolute atomic E-state index is 12.0. The van der Waals surface area contributed by atoms with E-state index in [4.69, 9.17) is 4.74 Å². The van der Waals surface area contributed by atoms with Gasteiger partial charge in [0.15, 0.2) is 6.61 Å². The summed E-state index contributed by atoms with van der Waals surface area (Å²) in [6.45, 7) is 9.91. The number of carbonyl (C=O) groups is 3. The van der Waals surface area contributed by atoms with Crippen LogP contribution in [0.4, 0.5) is 5.69 Å². The van der Waals surface area contributed by atoms with E-state index in [2.05, 4.69) is 36.9 Å². The Morgan fingerprint density at radius 3 is 2.16 bits per heavy atom. The second-order valence-corrected chi connectivity index (χ2v) is 8.48. The van der Waals surface area contributed by atoms with Crippen molar-refractivity contribution < 1.29 is 19.1 Å². The highest BCUT2D eigenvalue weighted by molar-refractivity contribution is 5.93. The van der Waals surface area contributed by atoms with E-state index >= 15 is 0 Å². The molecule has 0 aliphatic carbocycles. The number of nitrogens with one attached hydrogen (secondary N) is 3. The average Bonchev–Trinajstić information content (AvgIpc) is 2.71. The van der Waals surface area contributed by atoms with Crippen LogP contribution in [0.25, 0.3) is 0 Å². The lowest BCUT2D eigenvalue weighted by molar-refractivity contribution is -0.130. The summed E-state index contributed by atoms with van der Waals surface area (Å²) in [5.74, 6) is -0.596. The van der Waals surface area contributed by atoms with E-state index in [1.807, 2.05) is 50.2 Å². The predicted octanol–water partition coefficient (Wildman–Crippen LogP) is 3.55. The number of amides is 3. The molecule has 0 spiro atoms. The van der Waals surface area contributed by atoms with Crippen LogP contribution in [0.15, 0.2) is 42.5 Å². The molecule has 7 heteroatoms. The largest absolute Gasteiger partial charge is 0.483 e. The van der Waals surface area contributed by atoms with Crippen molar-refractivity contribution in [2.45, 2.75) is 52.9 Å². The zero-order valence-corrected chi connectivity index (χ0v) is 18.8. The third-order valence-electron chi connectivity index (χ3n) is 4.76. The van der Waals surface area contributed by atoms with E-state index in [1.165, 1.54) is 0 Å². The fourth-order valence-corrected chi connectivity index (χ4v) is 2.86. The van der Waals surface area contributed by atoms with Crippen LogP contribution in [0, 0.1) is 13.8 Å². The van der Waals surface area contributed by atoms with Gasteiger partial charge in [-0.05, 0) is 54.2 Å². The highest BCUT2D eigenvalue weighted by Gasteiger charge is 2.19.